The summed E-state index contributed by atoms with van der Waals surface area (Å²) in [5.74, 6) is 0. The number of pyridine rings is 1. The van der Waals surface area contributed by atoms with Gasteiger partial charge in [-0.25, -0.2) is 0 Å². The van der Waals surface area contributed by atoms with Crippen LogP contribution < -0.4 is 4.90 Å². The normalized spacial score (nSPS) is 25.1. The molecule has 2 heterocycles. The summed E-state index contributed by atoms with van der Waals surface area (Å²) in [5, 5.41) is 19.1. The maximum atomic E-state index is 10.0. The number of anilines is 1. The summed E-state index contributed by atoms with van der Waals surface area (Å²) < 4.78 is 0. The molecule has 1 N–H and O–H groups in total. The van der Waals surface area contributed by atoms with Gasteiger partial charge in [-0.05, 0) is 32.3 Å². The third kappa shape index (κ3) is 2.75. The Balaban J connectivity index is 2.20. The molecule has 0 aliphatic carbocycles. The fourth-order valence-electron chi connectivity index (χ4n) is 2.24. The second-order valence-electron chi connectivity index (χ2n) is 4.84. The number of aromatic nitrogens is 1. The van der Waals surface area contributed by atoms with Gasteiger partial charge in [-0.15, -0.1) is 0 Å². The summed E-state index contributed by atoms with van der Waals surface area (Å²) in [6, 6.07) is 3.92. The predicted octanol–water partition coefficient (Wildman–Crippen LogP) is 1.69. The van der Waals surface area contributed by atoms with Crippen molar-refractivity contribution in [1.29, 1.82) is 5.26 Å². The van der Waals surface area contributed by atoms with Crippen LogP contribution in [0, 0.1) is 11.3 Å². The van der Waals surface area contributed by atoms with Crippen molar-refractivity contribution in [2.75, 3.05) is 18.0 Å². The van der Waals surface area contributed by atoms with E-state index in [1.807, 2.05) is 6.92 Å². The number of hydrogen-bond acceptors (Lipinski definition) is 4. The second kappa shape index (κ2) is 4.72. The minimum Gasteiger partial charge on any atom is -0.390 e. The van der Waals surface area contributed by atoms with Crippen molar-refractivity contribution in [1.82, 2.24) is 4.98 Å². The molecule has 90 valence electrons. The van der Waals surface area contributed by atoms with Gasteiger partial charge >= 0.3 is 0 Å². The zero-order chi connectivity index (χ0) is 12.3. The topological polar surface area (TPSA) is 60.1 Å². The highest BCUT2D eigenvalue weighted by Gasteiger charge is 2.25. The lowest BCUT2D eigenvalue weighted by atomic mass is 9.98. The predicted molar refractivity (Wildman–Crippen MR) is 65.6 cm³/mol. The highest BCUT2D eigenvalue weighted by atomic mass is 16.3. The summed E-state index contributed by atoms with van der Waals surface area (Å²) >= 11 is 0. The van der Waals surface area contributed by atoms with Gasteiger partial charge in [0.1, 0.15) is 6.07 Å². The van der Waals surface area contributed by atoms with Crippen LogP contribution in [-0.4, -0.2) is 28.8 Å². The fraction of sp³-hybridized carbons (Fsp3) is 0.538. The highest BCUT2D eigenvalue weighted by molar-refractivity contribution is 5.57. The summed E-state index contributed by atoms with van der Waals surface area (Å²) in [6.07, 6.45) is 5.85. The first-order chi connectivity index (χ1) is 8.12. The molecule has 1 aromatic heterocycles. The van der Waals surface area contributed by atoms with Crippen LogP contribution in [0.25, 0.3) is 0 Å². The van der Waals surface area contributed by atoms with Crippen LogP contribution in [0.15, 0.2) is 18.5 Å². The lowest BCUT2D eigenvalue weighted by Gasteiger charge is -2.24. The van der Waals surface area contributed by atoms with E-state index < -0.39 is 5.60 Å². The smallest absolute Gasteiger partial charge is 0.101 e. The van der Waals surface area contributed by atoms with Crippen molar-refractivity contribution in [2.24, 2.45) is 0 Å². The minimum absolute atomic E-state index is 0.580. The van der Waals surface area contributed by atoms with Gasteiger partial charge in [-0.3, -0.25) is 4.98 Å². The Morgan fingerprint density at radius 2 is 2.29 bits per heavy atom. The van der Waals surface area contributed by atoms with Gasteiger partial charge in [0.05, 0.1) is 23.0 Å². The van der Waals surface area contributed by atoms with Gasteiger partial charge in [0.2, 0.25) is 0 Å². The maximum Gasteiger partial charge on any atom is 0.101 e. The van der Waals surface area contributed by atoms with E-state index in [0.29, 0.717) is 5.56 Å². The number of hydrogen-bond donors (Lipinski definition) is 1. The van der Waals surface area contributed by atoms with E-state index >= 15 is 0 Å². The Morgan fingerprint density at radius 1 is 1.47 bits per heavy atom. The molecule has 1 aliphatic heterocycles. The standard InChI is InChI=1S/C13H17N3O/c1-13(17)4-2-7-16(8-5-13)12-10-15-6-3-11(12)9-14/h3,6,10,17H,2,4-5,7-8H2,1H3. The van der Waals surface area contributed by atoms with Gasteiger partial charge < -0.3 is 10.0 Å². The Hall–Kier alpha value is -1.60. The van der Waals surface area contributed by atoms with Crippen LogP contribution in [0.4, 0.5) is 5.69 Å². The molecule has 1 fully saturated rings. The van der Waals surface area contributed by atoms with Crippen molar-refractivity contribution in [3.05, 3.63) is 24.0 Å². The molecule has 1 unspecified atom stereocenters. The first-order valence-electron chi connectivity index (χ1n) is 5.94. The quantitative estimate of drug-likeness (QED) is 0.799. The lowest BCUT2D eigenvalue weighted by Crippen LogP contribution is -2.28. The SMILES string of the molecule is CC1(O)CCCN(c2cnccc2C#N)CC1. The molecular formula is C13H17N3O. The van der Waals surface area contributed by atoms with Gasteiger partial charge in [0.25, 0.3) is 0 Å². The summed E-state index contributed by atoms with van der Waals surface area (Å²) in [4.78, 5) is 6.23. The first kappa shape index (κ1) is 11.9. The van der Waals surface area contributed by atoms with Crippen LogP contribution in [-0.2, 0) is 0 Å². The first-order valence-corrected chi connectivity index (χ1v) is 5.94. The van der Waals surface area contributed by atoms with E-state index in [2.05, 4.69) is 16.0 Å². The molecule has 0 spiro atoms. The van der Waals surface area contributed by atoms with Crippen molar-refractivity contribution in [3.63, 3.8) is 0 Å². The number of rotatable bonds is 1. The molecule has 0 amide bonds. The average molecular weight is 231 g/mol. The van der Waals surface area contributed by atoms with Crippen molar-refractivity contribution < 1.29 is 5.11 Å². The average Bonchev–Trinajstić information content (AvgIpc) is 2.50. The number of nitriles is 1. The van der Waals surface area contributed by atoms with Gasteiger partial charge in [-0.2, -0.15) is 5.26 Å². The molecule has 0 aromatic carbocycles. The van der Waals surface area contributed by atoms with Crippen LogP contribution in [0.1, 0.15) is 31.7 Å². The molecule has 0 radical (unpaired) electrons. The lowest BCUT2D eigenvalue weighted by molar-refractivity contribution is 0.0481. The van der Waals surface area contributed by atoms with Crippen LogP contribution in [0.3, 0.4) is 0 Å². The van der Waals surface area contributed by atoms with Crippen LogP contribution >= 0.6 is 0 Å². The second-order valence-corrected chi connectivity index (χ2v) is 4.84. The van der Waals surface area contributed by atoms with Gasteiger partial charge in [0, 0.05) is 19.3 Å². The molecular weight excluding hydrogens is 214 g/mol. The third-order valence-electron chi connectivity index (χ3n) is 3.32. The third-order valence-corrected chi connectivity index (χ3v) is 3.32. The zero-order valence-electron chi connectivity index (χ0n) is 10.1. The molecule has 1 atom stereocenters. The van der Waals surface area contributed by atoms with Gasteiger partial charge in [-0.1, -0.05) is 0 Å². The molecule has 2 rings (SSSR count). The van der Waals surface area contributed by atoms with Crippen molar-refractivity contribution in [3.8, 4) is 6.07 Å². The molecule has 0 saturated carbocycles. The number of nitrogens with zero attached hydrogens (tertiary/aromatic N) is 3. The van der Waals surface area contributed by atoms with E-state index in [0.717, 1.165) is 38.0 Å². The van der Waals surface area contributed by atoms with E-state index in [4.69, 9.17) is 5.26 Å². The molecule has 1 saturated heterocycles. The minimum atomic E-state index is -0.580. The molecule has 0 bridgehead atoms. The Bertz CT molecular complexity index is 437. The number of aliphatic hydroxyl groups is 1. The zero-order valence-corrected chi connectivity index (χ0v) is 10.1. The van der Waals surface area contributed by atoms with E-state index in [1.54, 1.807) is 18.5 Å². The van der Waals surface area contributed by atoms with E-state index in [-0.39, 0.29) is 0 Å². The van der Waals surface area contributed by atoms with E-state index in [1.165, 1.54) is 0 Å². The molecule has 17 heavy (non-hydrogen) atoms. The highest BCUT2D eigenvalue weighted by Crippen LogP contribution is 2.26. The van der Waals surface area contributed by atoms with Gasteiger partial charge in [0.15, 0.2) is 0 Å². The molecule has 1 aromatic rings. The molecule has 4 nitrogen and oxygen atoms in total. The largest absolute Gasteiger partial charge is 0.390 e. The van der Waals surface area contributed by atoms with Crippen LogP contribution in [0.2, 0.25) is 0 Å². The van der Waals surface area contributed by atoms with Crippen molar-refractivity contribution in [2.45, 2.75) is 31.8 Å². The molecule has 1 aliphatic rings. The monoisotopic (exact) mass is 231 g/mol. The Kier molecular flexibility index (Phi) is 3.30. The fourth-order valence-corrected chi connectivity index (χ4v) is 2.24. The molecule has 4 heteroatoms. The van der Waals surface area contributed by atoms with Crippen molar-refractivity contribution >= 4 is 5.69 Å². The Labute approximate surface area is 102 Å². The van der Waals surface area contributed by atoms with Crippen LogP contribution in [0.5, 0.6) is 0 Å². The summed E-state index contributed by atoms with van der Waals surface area (Å²) in [6.45, 7) is 3.52. The summed E-state index contributed by atoms with van der Waals surface area (Å²) in [5.41, 5.74) is 0.957. The maximum absolute atomic E-state index is 10.0. The van der Waals surface area contributed by atoms with E-state index in [9.17, 15) is 5.11 Å². The Morgan fingerprint density at radius 3 is 3.06 bits per heavy atom. The summed E-state index contributed by atoms with van der Waals surface area (Å²) in [7, 11) is 0.